The standard InChI is InChI=1S/C18H12FI2NO3S/c1-25-16-11(6-12(20)8-14(16)21)7-15-17(23)22(18(24)26-15)9-10-4-2-3-5-13(10)19/h2-8H,9H2,1H3/b15-7-. The van der Waals surface area contributed by atoms with Crippen molar-refractivity contribution in [1.29, 1.82) is 0 Å². The van der Waals surface area contributed by atoms with Gasteiger partial charge in [0.1, 0.15) is 11.6 Å². The van der Waals surface area contributed by atoms with Gasteiger partial charge in [0.25, 0.3) is 11.1 Å². The molecule has 1 aliphatic heterocycles. The number of methoxy groups -OCH3 is 1. The molecule has 0 unspecified atom stereocenters. The predicted octanol–water partition coefficient (Wildman–Crippen LogP) is 5.28. The maximum absolute atomic E-state index is 13.8. The summed E-state index contributed by atoms with van der Waals surface area (Å²) in [6.07, 6.45) is 1.65. The zero-order chi connectivity index (χ0) is 18.8. The summed E-state index contributed by atoms with van der Waals surface area (Å²) in [6, 6.07) is 9.95. The Labute approximate surface area is 181 Å². The SMILES string of the molecule is COc1c(I)cc(I)cc1/C=C1\SC(=O)N(Cc2ccccc2F)C1=O. The van der Waals surface area contributed by atoms with E-state index in [0.29, 0.717) is 16.2 Å². The minimum absolute atomic E-state index is 0.0876. The molecule has 0 bridgehead atoms. The third kappa shape index (κ3) is 4.06. The molecule has 0 aliphatic carbocycles. The van der Waals surface area contributed by atoms with E-state index in [4.69, 9.17) is 4.74 Å². The van der Waals surface area contributed by atoms with Crippen LogP contribution < -0.4 is 4.74 Å². The number of hydrogen-bond donors (Lipinski definition) is 0. The molecule has 2 amide bonds. The lowest BCUT2D eigenvalue weighted by Gasteiger charge is -2.13. The van der Waals surface area contributed by atoms with E-state index in [2.05, 4.69) is 45.2 Å². The molecule has 2 aromatic rings. The number of thioether (sulfide) groups is 1. The molecule has 0 spiro atoms. The van der Waals surface area contributed by atoms with Crippen LogP contribution in [0.15, 0.2) is 41.3 Å². The van der Waals surface area contributed by atoms with Gasteiger partial charge in [0.05, 0.1) is 22.1 Å². The number of ether oxygens (including phenoxy) is 1. The number of hydrogen-bond acceptors (Lipinski definition) is 4. The van der Waals surface area contributed by atoms with Gasteiger partial charge in [0.2, 0.25) is 0 Å². The van der Waals surface area contributed by atoms with E-state index in [9.17, 15) is 14.0 Å². The number of carbonyl (C=O) groups excluding carboxylic acids is 2. The van der Waals surface area contributed by atoms with Crippen molar-refractivity contribution in [2.45, 2.75) is 6.54 Å². The molecule has 26 heavy (non-hydrogen) atoms. The largest absolute Gasteiger partial charge is 0.495 e. The van der Waals surface area contributed by atoms with Crippen LogP contribution in [0.3, 0.4) is 0 Å². The zero-order valence-corrected chi connectivity index (χ0v) is 18.6. The first-order chi connectivity index (χ1) is 12.4. The Morgan fingerprint density at radius 1 is 1.23 bits per heavy atom. The lowest BCUT2D eigenvalue weighted by molar-refractivity contribution is -0.123. The van der Waals surface area contributed by atoms with Gasteiger partial charge >= 0.3 is 0 Å². The summed E-state index contributed by atoms with van der Waals surface area (Å²) in [6.45, 7) is -0.0876. The van der Waals surface area contributed by atoms with E-state index in [-0.39, 0.29) is 6.54 Å². The molecule has 8 heteroatoms. The fourth-order valence-corrected chi connectivity index (χ4v) is 5.42. The molecule has 0 radical (unpaired) electrons. The molecular formula is C18H12FI2NO3S. The van der Waals surface area contributed by atoms with Crippen LogP contribution in [0.4, 0.5) is 9.18 Å². The highest BCUT2D eigenvalue weighted by molar-refractivity contribution is 14.1. The zero-order valence-electron chi connectivity index (χ0n) is 13.5. The van der Waals surface area contributed by atoms with Gasteiger partial charge in [-0.3, -0.25) is 14.5 Å². The van der Waals surface area contributed by atoms with Crippen LogP contribution in [-0.4, -0.2) is 23.2 Å². The second-order valence-corrected chi connectivity index (χ2v) is 8.77. The molecule has 3 rings (SSSR count). The Balaban J connectivity index is 1.92. The van der Waals surface area contributed by atoms with Crippen LogP contribution in [0, 0.1) is 13.0 Å². The Kier molecular flexibility index (Phi) is 6.23. The van der Waals surface area contributed by atoms with Crippen LogP contribution in [0.25, 0.3) is 6.08 Å². The predicted molar refractivity (Wildman–Crippen MR) is 116 cm³/mol. The van der Waals surface area contributed by atoms with Crippen molar-refractivity contribution < 1.29 is 18.7 Å². The van der Waals surface area contributed by atoms with Crippen molar-refractivity contribution in [3.63, 3.8) is 0 Å². The Bertz CT molecular complexity index is 933. The van der Waals surface area contributed by atoms with Crippen LogP contribution in [0.2, 0.25) is 0 Å². The summed E-state index contributed by atoms with van der Waals surface area (Å²) in [5, 5.41) is -0.413. The van der Waals surface area contributed by atoms with E-state index >= 15 is 0 Å². The third-order valence-corrected chi connectivity index (χ3v) is 6.02. The minimum Gasteiger partial charge on any atom is -0.495 e. The number of rotatable bonds is 4. The number of halogens is 3. The van der Waals surface area contributed by atoms with Crippen LogP contribution in [0.1, 0.15) is 11.1 Å². The second kappa shape index (κ2) is 8.26. The molecule has 1 aliphatic rings. The van der Waals surface area contributed by atoms with Crippen molar-refractivity contribution in [3.05, 3.63) is 65.4 Å². The topological polar surface area (TPSA) is 46.6 Å². The monoisotopic (exact) mass is 595 g/mol. The summed E-state index contributed by atoms with van der Waals surface area (Å²) < 4.78 is 21.2. The molecule has 2 aromatic carbocycles. The van der Waals surface area contributed by atoms with E-state index < -0.39 is 17.0 Å². The van der Waals surface area contributed by atoms with Crippen molar-refractivity contribution >= 4 is 74.2 Å². The summed E-state index contributed by atoms with van der Waals surface area (Å²) in [4.78, 5) is 26.3. The maximum atomic E-state index is 13.8. The Morgan fingerprint density at radius 3 is 2.65 bits per heavy atom. The average molecular weight is 595 g/mol. The molecule has 134 valence electrons. The Hall–Kier alpha value is -1.14. The van der Waals surface area contributed by atoms with Crippen molar-refractivity contribution in [1.82, 2.24) is 4.90 Å². The first kappa shape index (κ1) is 19.6. The average Bonchev–Trinajstić information content (AvgIpc) is 2.84. The molecule has 0 aromatic heterocycles. The van der Waals surface area contributed by atoms with E-state index in [0.717, 1.165) is 29.4 Å². The van der Waals surface area contributed by atoms with Crippen molar-refractivity contribution in [2.75, 3.05) is 7.11 Å². The normalized spacial score (nSPS) is 15.8. The van der Waals surface area contributed by atoms with Gasteiger partial charge < -0.3 is 4.74 Å². The number of carbonyl (C=O) groups is 2. The van der Waals surface area contributed by atoms with Crippen LogP contribution >= 0.6 is 56.9 Å². The van der Waals surface area contributed by atoms with Gasteiger partial charge in [0.15, 0.2) is 0 Å². The lowest BCUT2D eigenvalue weighted by Crippen LogP contribution is -2.27. The summed E-state index contributed by atoms with van der Waals surface area (Å²) in [7, 11) is 1.56. The van der Waals surface area contributed by atoms with Gasteiger partial charge in [-0.2, -0.15) is 0 Å². The summed E-state index contributed by atoms with van der Waals surface area (Å²) in [5.41, 5.74) is 1.03. The summed E-state index contributed by atoms with van der Waals surface area (Å²) in [5.74, 6) is -0.226. The van der Waals surface area contributed by atoms with Gasteiger partial charge in [-0.05, 0) is 81.2 Å². The molecule has 1 fully saturated rings. The third-order valence-electron chi connectivity index (χ3n) is 3.69. The van der Waals surface area contributed by atoms with E-state index in [1.165, 1.54) is 6.07 Å². The summed E-state index contributed by atoms with van der Waals surface area (Å²) >= 11 is 5.19. The molecular weight excluding hydrogens is 583 g/mol. The highest BCUT2D eigenvalue weighted by Gasteiger charge is 2.35. The minimum atomic E-state index is -0.440. The van der Waals surface area contributed by atoms with Gasteiger partial charge in [0, 0.05) is 14.7 Å². The first-order valence-corrected chi connectivity index (χ1v) is 10.4. The number of nitrogens with zero attached hydrogens (tertiary/aromatic N) is 1. The molecule has 0 saturated carbocycles. The lowest BCUT2D eigenvalue weighted by atomic mass is 10.1. The molecule has 4 nitrogen and oxygen atoms in total. The Morgan fingerprint density at radius 2 is 1.96 bits per heavy atom. The fourth-order valence-electron chi connectivity index (χ4n) is 2.48. The highest BCUT2D eigenvalue weighted by Crippen LogP contribution is 2.36. The van der Waals surface area contributed by atoms with Crippen LogP contribution in [-0.2, 0) is 11.3 Å². The quantitative estimate of drug-likeness (QED) is 0.357. The first-order valence-electron chi connectivity index (χ1n) is 7.42. The van der Waals surface area contributed by atoms with Gasteiger partial charge in [-0.25, -0.2) is 4.39 Å². The van der Waals surface area contributed by atoms with Gasteiger partial charge in [-0.1, -0.05) is 18.2 Å². The number of benzene rings is 2. The maximum Gasteiger partial charge on any atom is 0.293 e. The fraction of sp³-hybridized carbons (Fsp3) is 0.111. The van der Waals surface area contributed by atoms with E-state index in [1.54, 1.807) is 31.4 Å². The van der Waals surface area contributed by atoms with Gasteiger partial charge in [-0.15, -0.1) is 0 Å². The molecule has 0 N–H and O–H groups in total. The van der Waals surface area contributed by atoms with E-state index in [1.807, 2.05) is 12.1 Å². The molecule has 1 saturated heterocycles. The van der Waals surface area contributed by atoms with Crippen molar-refractivity contribution in [3.8, 4) is 5.75 Å². The number of imide groups is 1. The van der Waals surface area contributed by atoms with Crippen molar-refractivity contribution in [2.24, 2.45) is 0 Å². The second-order valence-electron chi connectivity index (χ2n) is 5.37. The molecule has 1 heterocycles. The smallest absolute Gasteiger partial charge is 0.293 e. The van der Waals surface area contributed by atoms with Crippen LogP contribution in [0.5, 0.6) is 5.75 Å². The number of amides is 2. The molecule has 0 atom stereocenters. The highest BCUT2D eigenvalue weighted by atomic mass is 127.